The van der Waals surface area contributed by atoms with Crippen LogP contribution in [0.15, 0.2) is 24.3 Å². The summed E-state index contributed by atoms with van der Waals surface area (Å²) in [5.41, 5.74) is 1.90. The monoisotopic (exact) mass is 332 g/mol. The largest absolute Gasteiger partial charge is 0.341 e. The van der Waals surface area contributed by atoms with Crippen LogP contribution in [0.4, 0.5) is 4.79 Å². The van der Waals surface area contributed by atoms with Crippen LogP contribution in [0, 0.1) is 0 Å². The predicted molar refractivity (Wildman–Crippen MR) is 90.8 cm³/mol. The average molecular weight is 332 g/mol. The summed E-state index contributed by atoms with van der Waals surface area (Å²) >= 11 is 0. The molecule has 2 N–H and O–H groups in total. The lowest BCUT2D eigenvalue weighted by molar-refractivity contribution is -0.121. The highest BCUT2D eigenvalue weighted by Crippen LogP contribution is 2.10. The summed E-state index contributed by atoms with van der Waals surface area (Å²) in [5, 5.41) is 4.58. The Kier molecular flexibility index (Phi) is 6.31. The molecule has 1 aromatic carbocycles. The van der Waals surface area contributed by atoms with Gasteiger partial charge < -0.3 is 10.2 Å². The molecule has 2 rings (SSSR count). The van der Waals surface area contributed by atoms with Crippen LogP contribution in [-0.2, 0) is 11.2 Å². The van der Waals surface area contributed by atoms with Gasteiger partial charge in [-0.3, -0.25) is 19.8 Å². The fourth-order valence-corrected chi connectivity index (χ4v) is 2.61. The van der Waals surface area contributed by atoms with Crippen LogP contribution in [-0.4, -0.2) is 67.4 Å². The van der Waals surface area contributed by atoms with Crippen LogP contribution in [0.5, 0.6) is 0 Å². The lowest BCUT2D eigenvalue weighted by Crippen LogP contribution is -2.52. The second-order valence-electron chi connectivity index (χ2n) is 5.75. The first-order valence-corrected chi connectivity index (χ1v) is 8.15. The van der Waals surface area contributed by atoms with Crippen molar-refractivity contribution in [3.8, 4) is 0 Å². The lowest BCUT2D eigenvalue weighted by atomic mass is 10.1. The van der Waals surface area contributed by atoms with Crippen molar-refractivity contribution < 1.29 is 14.4 Å². The molecule has 1 saturated heterocycles. The third-order valence-corrected chi connectivity index (χ3v) is 4.12. The number of hydrogen-bond donors (Lipinski definition) is 2. The van der Waals surface area contributed by atoms with Crippen LogP contribution in [0.25, 0.3) is 0 Å². The number of urea groups is 1. The molecule has 1 aromatic rings. The fourth-order valence-electron chi connectivity index (χ4n) is 2.61. The van der Waals surface area contributed by atoms with Gasteiger partial charge in [0.1, 0.15) is 0 Å². The molecule has 0 saturated carbocycles. The van der Waals surface area contributed by atoms with E-state index in [1.807, 2.05) is 29.2 Å². The first-order valence-electron chi connectivity index (χ1n) is 8.15. The molecule has 130 valence electrons. The van der Waals surface area contributed by atoms with Gasteiger partial charge in [-0.05, 0) is 24.1 Å². The number of hydrogen-bond acceptors (Lipinski definition) is 4. The van der Waals surface area contributed by atoms with Gasteiger partial charge in [0.05, 0.1) is 6.54 Å². The van der Waals surface area contributed by atoms with Crippen LogP contribution in [0.2, 0.25) is 0 Å². The Morgan fingerprint density at radius 2 is 1.67 bits per heavy atom. The Morgan fingerprint density at radius 1 is 1.04 bits per heavy atom. The number of benzene rings is 1. The first-order chi connectivity index (χ1) is 11.5. The van der Waals surface area contributed by atoms with Gasteiger partial charge in [0.2, 0.25) is 5.91 Å². The molecule has 0 aromatic heterocycles. The van der Waals surface area contributed by atoms with Gasteiger partial charge in [-0.1, -0.05) is 19.1 Å². The van der Waals surface area contributed by atoms with Crippen molar-refractivity contribution in [2.24, 2.45) is 0 Å². The van der Waals surface area contributed by atoms with E-state index in [-0.39, 0.29) is 18.4 Å². The molecule has 24 heavy (non-hydrogen) atoms. The van der Waals surface area contributed by atoms with Crippen molar-refractivity contribution >= 4 is 17.8 Å². The minimum Gasteiger partial charge on any atom is -0.341 e. The van der Waals surface area contributed by atoms with Crippen LogP contribution >= 0.6 is 0 Å². The summed E-state index contributed by atoms with van der Waals surface area (Å²) in [6, 6.07) is 7.18. The number of imide groups is 1. The zero-order valence-electron chi connectivity index (χ0n) is 14.2. The van der Waals surface area contributed by atoms with Crippen molar-refractivity contribution in [3.05, 3.63) is 35.4 Å². The normalized spacial score (nSPS) is 15.0. The number of nitrogens with one attached hydrogen (secondary N) is 2. The quantitative estimate of drug-likeness (QED) is 0.839. The van der Waals surface area contributed by atoms with Gasteiger partial charge in [0.25, 0.3) is 5.91 Å². The third kappa shape index (κ3) is 4.79. The molecule has 0 spiro atoms. The molecule has 7 heteroatoms. The maximum Gasteiger partial charge on any atom is 0.321 e. The molecule has 1 aliphatic heterocycles. The number of nitrogens with zero attached hydrogens (tertiary/aromatic N) is 2. The van der Waals surface area contributed by atoms with E-state index in [1.165, 1.54) is 12.6 Å². The number of piperazine rings is 1. The summed E-state index contributed by atoms with van der Waals surface area (Å²) in [6.45, 7) is 4.60. The smallest absolute Gasteiger partial charge is 0.321 e. The molecule has 0 unspecified atom stereocenters. The van der Waals surface area contributed by atoms with Gasteiger partial charge in [-0.15, -0.1) is 0 Å². The predicted octanol–water partition coefficient (Wildman–Crippen LogP) is 0.462. The van der Waals surface area contributed by atoms with Gasteiger partial charge in [0, 0.05) is 38.8 Å². The molecular weight excluding hydrogens is 308 g/mol. The number of rotatable bonds is 4. The van der Waals surface area contributed by atoms with E-state index in [0.29, 0.717) is 31.7 Å². The summed E-state index contributed by atoms with van der Waals surface area (Å²) < 4.78 is 0. The Bertz CT molecular complexity index is 592. The Hall–Kier alpha value is -2.41. The summed E-state index contributed by atoms with van der Waals surface area (Å²) in [6.07, 6.45) is 0.950. The van der Waals surface area contributed by atoms with E-state index < -0.39 is 6.03 Å². The number of carbonyl (C=O) groups excluding carboxylic acids is 3. The average Bonchev–Trinajstić information content (AvgIpc) is 2.61. The van der Waals surface area contributed by atoms with Gasteiger partial charge in [-0.25, -0.2) is 4.79 Å². The van der Waals surface area contributed by atoms with E-state index in [1.54, 1.807) is 4.90 Å². The van der Waals surface area contributed by atoms with Crippen LogP contribution in [0.1, 0.15) is 22.8 Å². The van der Waals surface area contributed by atoms with Gasteiger partial charge in [0.15, 0.2) is 0 Å². The van der Waals surface area contributed by atoms with Crippen molar-refractivity contribution in [3.63, 3.8) is 0 Å². The van der Waals surface area contributed by atoms with Crippen LogP contribution < -0.4 is 10.6 Å². The molecule has 0 aliphatic carbocycles. The zero-order valence-corrected chi connectivity index (χ0v) is 14.2. The maximum atomic E-state index is 12.5. The summed E-state index contributed by atoms with van der Waals surface area (Å²) in [4.78, 5) is 39.0. The molecule has 1 heterocycles. The highest BCUT2D eigenvalue weighted by molar-refractivity contribution is 5.95. The Balaban J connectivity index is 1.82. The molecule has 0 radical (unpaired) electrons. The van der Waals surface area contributed by atoms with Gasteiger partial charge >= 0.3 is 6.03 Å². The molecule has 7 nitrogen and oxygen atoms in total. The SMILES string of the molecule is CCc1ccc(C(=O)N2CCN(CC(=O)NC(=O)NC)CC2)cc1. The van der Waals surface area contributed by atoms with E-state index in [2.05, 4.69) is 17.6 Å². The molecule has 0 atom stereocenters. The highest BCUT2D eigenvalue weighted by atomic mass is 16.2. The molecule has 1 aliphatic rings. The van der Waals surface area contributed by atoms with E-state index in [0.717, 1.165) is 6.42 Å². The number of aryl methyl sites for hydroxylation is 1. The highest BCUT2D eigenvalue weighted by Gasteiger charge is 2.23. The number of amides is 4. The lowest BCUT2D eigenvalue weighted by Gasteiger charge is -2.34. The summed E-state index contributed by atoms with van der Waals surface area (Å²) in [7, 11) is 1.46. The van der Waals surface area contributed by atoms with Crippen molar-refractivity contribution in [1.29, 1.82) is 0 Å². The first kappa shape index (κ1) is 17.9. The summed E-state index contributed by atoms with van der Waals surface area (Å²) in [5.74, 6) is -0.323. The minimum absolute atomic E-state index is 0.0205. The van der Waals surface area contributed by atoms with Crippen molar-refractivity contribution in [2.45, 2.75) is 13.3 Å². The fraction of sp³-hybridized carbons (Fsp3) is 0.471. The second kappa shape index (κ2) is 8.44. The molecular formula is C17H24N4O3. The molecule has 0 bridgehead atoms. The van der Waals surface area contributed by atoms with Gasteiger partial charge in [-0.2, -0.15) is 0 Å². The Morgan fingerprint density at radius 3 is 2.21 bits per heavy atom. The number of carbonyl (C=O) groups is 3. The topological polar surface area (TPSA) is 81.8 Å². The molecule has 1 fully saturated rings. The van der Waals surface area contributed by atoms with Crippen LogP contribution in [0.3, 0.4) is 0 Å². The van der Waals surface area contributed by atoms with E-state index >= 15 is 0 Å². The Labute approximate surface area is 142 Å². The van der Waals surface area contributed by atoms with Crippen molar-refractivity contribution in [1.82, 2.24) is 20.4 Å². The third-order valence-electron chi connectivity index (χ3n) is 4.12. The minimum atomic E-state index is -0.510. The zero-order chi connectivity index (χ0) is 17.5. The maximum absolute atomic E-state index is 12.5. The standard InChI is InChI=1S/C17H24N4O3/c1-3-13-4-6-14(7-5-13)16(23)21-10-8-20(9-11-21)12-15(22)19-17(24)18-2/h4-7H,3,8-12H2,1-2H3,(H2,18,19,22,24). The van der Waals surface area contributed by atoms with Crippen molar-refractivity contribution in [2.75, 3.05) is 39.8 Å². The second-order valence-corrected chi connectivity index (χ2v) is 5.75. The van der Waals surface area contributed by atoms with E-state index in [4.69, 9.17) is 0 Å². The van der Waals surface area contributed by atoms with E-state index in [9.17, 15) is 14.4 Å². The molecule has 4 amide bonds.